The Balaban J connectivity index is 1.95. The van der Waals surface area contributed by atoms with Crippen molar-refractivity contribution < 1.29 is 9.18 Å². The molecule has 0 fully saturated rings. The number of hydrogen-bond donors (Lipinski definition) is 3. The molecule has 5 nitrogen and oxygen atoms in total. The summed E-state index contributed by atoms with van der Waals surface area (Å²) in [5.41, 5.74) is 4.21. The predicted octanol–water partition coefficient (Wildman–Crippen LogP) is 4.02. The number of allylic oxidation sites excluding steroid dienone is 1. The van der Waals surface area contributed by atoms with E-state index in [4.69, 9.17) is 5.41 Å². The van der Waals surface area contributed by atoms with Crippen LogP contribution in [0.15, 0.2) is 36.5 Å². The molecule has 1 aliphatic rings. The molecule has 2 heterocycles. The van der Waals surface area contributed by atoms with Crippen molar-refractivity contribution >= 4 is 17.7 Å². The number of benzene rings is 1. The van der Waals surface area contributed by atoms with Crippen molar-refractivity contribution in [2.75, 3.05) is 6.54 Å². The van der Waals surface area contributed by atoms with Crippen LogP contribution in [-0.2, 0) is 6.54 Å². The molecular formula is C22H25FN4O. The van der Waals surface area contributed by atoms with Crippen LogP contribution in [0.3, 0.4) is 0 Å². The first-order valence-corrected chi connectivity index (χ1v) is 9.31. The molecule has 1 aromatic heterocycles. The zero-order chi connectivity index (χ0) is 20.3. The number of halogens is 1. The molecule has 1 aliphatic heterocycles. The van der Waals surface area contributed by atoms with Crippen molar-refractivity contribution in [2.45, 2.75) is 39.4 Å². The van der Waals surface area contributed by atoms with Crippen LogP contribution >= 0.6 is 0 Å². The van der Waals surface area contributed by atoms with E-state index in [0.717, 1.165) is 22.4 Å². The summed E-state index contributed by atoms with van der Waals surface area (Å²) in [5, 5.41) is 13.7. The molecule has 2 aromatic rings. The number of hydrogen-bond acceptors (Lipinski definition) is 4. The van der Waals surface area contributed by atoms with Crippen molar-refractivity contribution in [3.05, 3.63) is 58.9 Å². The second kappa shape index (κ2) is 7.92. The minimum atomic E-state index is -1.24. The van der Waals surface area contributed by atoms with E-state index in [0.29, 0.717) is 36.3 Å². The molecule has 0 radical (unpaired) electrons. The Hall–Kier alpha value is -3.02. The highest BCUT2D eigenvalue weighted by molar-refractivity contribution is 6.10. The number of carbonyl (C=O) groups is 1. The molecule has 0 aliphatic carbocycles. The largest absolute Gasteiger partial charge is 0.390 e. The van der Waals surface area contributed by atoms with Crippen LogP contribution in [0.25, 0.3) is 16.8 Å². The highest BCUT2D eigenvalue weighted by Crippen LogP contribution is 2.29. The van der Waals surface area contributed by atoms with E-state index < -0.39 is 5.67 Å². The number of rotatable bonds is 7. The Bertz CT molecular complexity index is 944. The minimum absolute atomic E-state index is 0.0793. The number of carbonyl (C=O) groups excluding carboxylic acids is 1. The summed E-state index contributed by atoms with van der Waals surface area (Å²) in [6.45, 7) is 6.00. The Morgan fingerprint density at radius 3 is 2.86 bits per heavy atom. The van der Waals surface area contributed by atoms with Gasteiger partial charge < -0.3 is 16.0 Å². The normalized spacial score (nSPS) is 13.9. The number of nitrogens with zero attached hydrogens (tertiary/aromatic N) is 1. The molecule has 3 N–H and O–H groups in total. The van der Waals surface area contributed by atoms with Crippen LogP contribution in [0.2, 0.25) is 0 Å². The van der Waals surface area contributed by atoms with Crippen molar-refractivity contribution in [3.8, 4) is 11.3 Å². The molecule has 28 heavy (non-hydrogen) atoms. The summed E-state index contributed by atoms with van der Waals surface area (Å²) in [6, 6.07) is 9.55. The fraction of sp³-hybridized carbons (Fsp3) is 0.318. The fourth-order valence-corrected chi connectivity index (χ4v) is 3.12. The Morgan fingerprint density at radius 2 is 2.14 bits per heavy atom. The first-order chi connectivity index (χ1) is 13.3. The zero-order valence-electron chi connectivity index (χ0n) is 16.4. The minimum Gasteiger partial charge on any atom is -0.390 e. The number of fused-ring (bicyclic) bond motifs is 1. The number of aryl methyl sites for hydroxylation is 1. The van der Waals surface area contributed by atoms with E-state index in [1.54, 1.807) is 20.0 Å². The lowest BCUT2D eigenvalue weighted by Gasteiger charge is -2.14. The third-order valence-electron chi connectivity index (χ3n) is 4.69. The smallest absolute Gasteiger partial charge is 0.251 e. The molecule has 0 saturated heterocycles. The van der Waals surface area contributed by atoms with Gasteiger partial charge in [-0.1, -0.05) is 18.2 Å². The average molecular weight is 380 g/mol. The van der Waals surface area contributed by atoms with Crippen LogP contribution in [0.4, 0.5) is 4.39 Å². The van der Waals surface area contributed by atoms with Crippen LogP contribution in [-0.4, -0.2) is 29.3 Å². The second-order valence-corrected chi connectivity index (χ2v) is 7.57. The summed E-state index contributed by atoms with van der Waals surface area (Å²) >= 11 is 0. The van der Waals surface area contributed by atoms with Gasteiger partial charge in [0.25, 0.3) is 5.91 Å². The van der Waals surface area contributed by atoms with Crippen molar-refractivity contribution in [1.29, 1.82) is 5.41 Å². The maximum atomic E-state index is 13.6. The standard InChI is InChI=1S/C22H25FN4O/c1-14-4-7-18(17(11-24)12-25-9-8-22(2,3)23)20(27-14)15-5-6-16-13-26-21(28)19(16)10-15/h4-7,10-12,24-25H,8-9,13H2,1-3H3,(H,26,28)/b17-12+,24-11?. The maximum absolute atomic E-state index is 13.6. The van der Waals surface area contributed by atoms with Gasteiger partial charge in [-0.2, -0.15) is 0 Å². The second-order valence-electron chi connectivity index (χ2n) is 7.57. The highest BCUT2D eigenvalue weighted by Gasteiger charge is 2.20. The van der Waals surface area contributed by atoms with Crippen LogP contribution in [0, 0.1) is 12.3 Å². The SMILES string of the molecule is Cc1ccc(/C(C=N)=C/NCCC(C)(C)F)c(-c2ccc3c(c2)C(=O)NC3)n1. The third kappa shape index (κ3) is 4.44. The number of pyridine rings is 1. The van der Waals surface area contributed by atoms with Gasteiger partial charge in [0.2, 0.25) is 0 Å². The van der Waals surface area contributed by atoms with Gasteiger partial charge in [0, 0.05) is 53.5 Å². The lowest BCUT2D eigenvalue weighted by Crippen LogP contribution is -2.20. The first-order valence-electron chi connectivity index (χ1n) is 9.31. The maximum Gasteiger partial charge on any atom is 0.251 e. The highest BCUT2D eigenvalue weighted by atomic mass is 19.1. The number of alkyl halides is 1. The monoisotopic (exact) mass is 380 g/mol. The molecule has 146 valence electrons. The lowest BCUT2D eigenvalue weighted by atomic mass is 9.97. The van der Waals surface area contributed by atoms with E-state index in [-0.39, 0.29) is 5.91 Å². The number of aromatic nitrogens is 1. The fourth-order valence-electron chi connectivity index (χ4n) is 3.12. The topological polar surface area (TPSA) is 77.9 Å². The Kier molecular flexibility index (Phi) is 5.58. The van der Waals surface area contributed by atoms with Gasteiger partial charge >= 0.3 is 0 Å². The molecular weight excluding hydrogens is 355 g/mol. The van der Waals surface area contributed by atoms with Gasteiger partial charge in [-0.25, -0.2) is 4.39 Å². The Labute approximate surface area is 164 Å². The summed E-state index contributed by atoms with van der Waals surface area (Å²) in [4.78, 5) is 16.7. The van der Waals surface area contributed by atoms with E-state index in [2.05, 4.69) is 15.6 Å². The molecule has 3 rings (SSSR count). The van der Waals surface area contributed by atoms with Crippen LogP contribution in [0.5, 0.6) is 0 Å². The molecule has 0 unspecified atom stereocenters. The molecule has 0 saturated carbocycles. The Morgan fingerprint density at radius 1 is 1.36 bits per heavy atom. The van der Waals surface area contributed by atoms with Crippen molar-refractivity contribution in [1.82, 2.24) is 15.6 Å². The molecule has 6 heteroatoms. The van der Waals surface area contributed by atoms with E-state index >= 15 is 0 Å². The van der Waals surface area contributed by atoms with Gasteiger partial charge in [0.1, 0.15) is 5.67 Å². The lowest BCUT2D eigenvalue weighted by molar-refractivity contribution is 0.0965. The molecule has 0 atom stereocenters. The summed E-state index contributed by atoms with van der Waals surface area (Å²) in [6.07, 6.45) is 3.34. The summed E-state index contributed by atoms with van der Waals surface area (Å²) < 4.78 is 13.6. The van der Waals surface area contributed by atoms with Gasteiger partial charge in [-0.15, -0.1) is 0 Å². The predicted molar refractivity (Wildman–Crippen MR) is 110 cm³/mol. The summed E-state index contributed by atoms with van der Waals surface area (Å²) in [5.74, 6) is -0.0793. The van der Waals surface area contributed by atoms with E-state index in [1.807, 2.05) is 37.3 Å². The molecule has 1 amide bonds. The van der Waals surface area contributed by atoms with Gasteiger partial charge in [0.15, 0.2) is 0 Å². The van der Waals surface area contributed by atoms with Crippen molar-refractivity contribution in [3.63, 3.8) is 0 Å². The van der Waals surface area contributed by atoms with Gasteiger partial charge in [0.05, 0.1) is 5.69 Å². The third-order valence-corrected chi connectivity index (χ3v) is 4.69. The number of nitrogens with one attached hydrogen (secondary N) is 3. The van der Waals surface area contributed by atoms with Crippen LogP contribution in [0.1, 0.15) is 47.4 Å². The van der Waals surface area contributed by atoms with E-state index in [1.165, 1.54) is 6.21 Å². The van der Waals surface area contributed by atoms with Gasteiger partial charge in [-0.05, 0) is 44.9 Å². The molecule has 1 aromatic carbocycles. The molecule has 0 bridgehead atoms. The summed E-state index contributed by atoms with van der Waals surface area (Å²) in [7, 11) is 0. The number of amides is 1. The van der Waals surface area contributed by atoms with Gasteiger partial charge in [-0.3, -0.25) is 9.78 Å². The van der Waals surface area contributed by atoms with Crippen molar-refractivity contribution in [2.24, 2.45) is 0 Å². The van der Waals surface area contributed by atoms with E-state index in [9.17, 15) is 9.18 Å². The zero-order valence-corrected chi connectivity index (χ0v) is 16.4. The first kappa shape index (κ1) is 19.7. The average Bonchev–Trinajstić information content (AvgIpc) is 3.02. The quantitative estimate of drug-likeness (QED) is 0.501. The van der Waals surface area contributed by atoms with Crippen LogP contribution < -0.4 is 10.6 Å². The molecule has 0 spiro atoms.